The number of fused-ring (bicyclic) bond motifs is 1. The van der Waals surface area contributed by atoms with Gasteiger partial charge in [0, 0.05) is 30.3 Å². The molecule has 0 radical (unpaired) electrons. The van der Waals surface area contributed by atoms with Gasteiger partial charge in [-0.15, -0.1) is 11.8 Å². The Hall–Kier alpha value is -3.36. The molecule has 0 aliphatic carbocycles. The fourth-order valence-corrected chi connectivity index (χ4v) is 5.84. The van der Waals surface area contributed by atoms with Gasteiger partial charge in [-0.1, -0.05) is 36.4 Å². The van der Waals surface area contributed by atoms with E-state index in [9.17, 15) is 9.59 Å². The Labute approximate surface area is 200 Å². The number of hydrogen-bond acceptors (Lipinski definition) is 6. The average molecular weight is 474 g/mol. The predicted octanol–water partition coefficient (Wildman–Crippen LogP) is 4.40. The lowest BCUT2D eigenvalue weighted by Gasteiger charge is -2.26. The van der Waals surface area contributed by atoms with Gasteiger partial charge in [0.05, 0.1) is 23.1 Å². The number of hydrogen-bond donors (Lipinski definition) is 0. The van der Waals surface area contributed by atoms with Crippen molar-refractivity contribution in [2.75, 3.05) is 18.9 Å². The molecule has 0 spiro atoms. The maximum atomic E-state index is 13.0. The molecule has 34 heavy (non-hydrogen) atoms. The van der Waals surface area contributed by atoms with Gasteiger partial charge in [-0.05, 0) is 37.1 Å². The average Bonchev–Trinajstić information content (AvgIpc) is 3.61. The Kier molecular flexibility index (Phi) is 5.47. The number of carbonyl (C=O) groups is 1. The van der Waals surface area contributed by atoms with E-state index in [0.29, 0.717) is 29.1 Å². The maximum absolute atomic E-state index is 13.0. The van der Waals surface area contributed by atoms with Crippen LogP contribution in [0.1, 0.15) is 23.8 Å². The number of benzene rings is 2. The summed E-state index contributed by atoms with van der Waals surface area (Å²) >= 11 is 1.56. The van der Waals surface area contributed by atoms with Gasteiger partial charge in [0.15, 0.2) is 0 Å². The molecular weight excluding hydrogens is 450 g/mol. The van der Waals surface area contributed by atoms with Crippen molar-refractivity contribution in [2.24, 2.45) is 0 Å². The smallest absolute Gasteiger partial charge is 0.345 e. The number of aromatic nitrogens is 2. The number of rotatable bonds is 5. The van der Waals surface area contributed by atoms with Gasteiger partial charge in [0.25, 0.3) is 0 Å². The number of nitrogens with zero attached hydrogens (tertiary/aromatic N) is 3. The van der Waals surface area contributed by atoms with Gasteiger partial charge >= 0.3 is 5.63 Å². The molecule has 1 amide bonds. The second-order valence-corrected chi connectivity index (χ2v) is 9.61. The molecule has 2 aliphatic heterocycles. The standard InChI is InChI=1S/C26H23N3O4S/c30-23-16-34-25(28(23)14-19-10-6-12-32-19)21-15-29(18-8-2-1-3-9-18)27-24(21)20-13-17-7-4-5-11-22(17)33-26(20)31/h1-5,7-9,11,13,15,19,25H,6,10,12,14,16H2/t19-,25-/m1/s1. The molecule has 7 nitrogen and oxygen atoms in total. The van der Waals surface area contributed by atoms with Gasteiger partial charge < -0.3 is 14.1 Å². The van der Waals surface area contributed by atoms with Crippen LogP contribution in [0.25, 0.3) is 27.9 Å². The normalized spacial score (nSPS) is 20.5. The highest BCUT2D eigenvalue weighted by molar-refractivity contribution is 8.00. The number of ether oxygens (including phenoxy) is 1. The second kappa shape index (κ2) is 8.77. The van der Waals surface area contributed by atoms with Crippen LogP contribution in [-0.2, 0) is 9.53 Å². The molecule has 4 heterocycles. The van der Waals surface area contributed by atoms with Crippen LogP contribution in [0, 0.1) is 0 Å². The zero-order valence-electron chi connectivity index (χ0n) is 18.4. The molecule has 0 N–H and O–H groups in total. The van der Waals surface area contributed by atoms with Crippen molar-refractivity contribution < 1.29 is 13.9 Å². The van der Waals surface area contributed by atoms with Crippen LogP contribution in [0.2, 0.25) is 0 Å². The summed E-state index contributed by atoms with van der Waals surface area (Å²) in [6, 6.07) is 19.0. The maximum Gasteiger partial charge on any atom is 0.345 e. The summed E-state index contributed by atoms with van der Waals surface area (Å²) in [5.41, 5.74) is 2.71. The van der Waals surface area contributed by atoms with Crippen molar-refractivity contribution in [2.45, 2.75) is 24.3 Å². The molecule has 6 rings (SSSR count). The second-order valence-electron chi connectivity index (χ2n) is 8.54. The quantitative estimate of drug-likeness (QED) is 0.400. The predicted molar refractivity (Wildman–Crippen MR) is 131 cm³/mol. The Bertz CT molecular complexity index is 1410. The molecule has 2 fully saturated rings. The van der Waals surface area contributed by atoms with E-state index in [-0.39, 0.29) is 17.4 Å². The molecule has 2 aromatic carbocycles. The lowest BCUT2D eigenvalue weighted by molar-refractivity contribution is -0.129. The third kappa shape index (κ3) is 3.82. The van der Waals surface area contributed by atoms with Gasteiger partial charge in [-0.3, -0.25) is 4.79 Å². The van der Waals surface area contributed by atoms with Gasteiger partial charge in [0.2, 0.25) is 5.91 Å². The summed E-state index contributed by atoms with van der Waals surface area (Å²) in [5, 5.41) is 5.40. The molecule has 4 aromatic rings. The molecule has 2 aliphatic rings. The molecule has 8 heteroatoms. The van der Waals surface area contributed by atoms with Crippen molar-refractivity contribution in [1.29, 1.82) is 0 Å². The highest BCUT2D eigenvalue weighted by Gasteiger charge is 2.38. The van der Waals surface area contributed by atoms with E-state index in [2.05, 4.69) is 0 Å². The van der Waals surface area contributed by atoms with Gasteiger partial charge in [0.1, 0.15) is 16.7 Å². The number of amides is 1. The lowest BCUT2D eigenvalue weighted by atomic mass is 10.1. The third-order valence-electron chi connectivity index (χ3n) is 6.32. The molecular formula is C26H23N3O4S. The van der Waals surface area contributed by atoms with E-state index in [1.807, 2.05) is 65.7 Å². The first-order valence-corrected chi connectivity index (χ1v) is 12.4. The highest BCUT2D eigenvalue weighted by Crippen LogP contribution is 2.43. The Morgan fingerprint density at radius 2 is 1.88 bits per heavy atom. The molecule has 0 bridgehead atoms. The van der Waals surface area contributed by atoms with Crippen LogP contribution >= 0.6 is 11.8 Å². The largest absolute Gasteiger partial charge is 0.422 e. The monoisotopic (exact) mass is 473 g/mol. The summed E-state index contributed by atoms with van der Waals surface area (Å²) in [6.45, 7) is 1.28. The Balaban J connectivity index is 1.49. The van der Waals surface area contributed by atoms with Crippen molar-refractivity contribution in [3.8, 4) is 16.9 Å². The molecule has 0 saturated carbocycles. The summed E-state index contributed by atoms with van der Waals surface area (Å²) in [5.74, 6) is 0.467. The van der Waals surface area contributed by atoms with Crippen molar-refractivity contribution in [3.63, 3.8) is 0 Å². The molecule has 172 valence electrons. The molecule has 2 aromatic heterocycles. The summed E-state index contributed by atoms with van der Waals surface area (Å²) in [7, 11) is 0. The van der Waals surface area contributed by atoms with E-state index in [4.69, 9.17) is 14.3 Å². The van der Waals surface area contributed by atoms with Crippen molar-refractivity contribution in [3.05, 3.63) is 82.8 Å². The Morgan fingerprint density at radius 1 is 1.06 bits per heavy atom. The SMILES string of the molecule is O=C1CS[C@H](c2cn(-c3ccccc3)nc2-c2cc3ccccc3oc2=O)N1C[C@H]1CCCO1. The van der Waals surface area contributed by atoms with Crippen molar-refractivity contribution >= 4 is 28.6 Å². The minimum Gasteiger partial charge on any atom is -0.422 e. The van der Waals surface area contributed by atoms with Crippen LogP contribution < -0.4 is 5.63 Å². The van der Waals surface area contributed by atoms with Crippen molar-refractivity contribution in [1.82, 2.24) is 14.7 Å². The fraction of sp³-hybridized carbons (Fsp3) is 0.269. The van der Waals surface area contributed by atoms with E-state index in [0.717, 1.165) is 36.1 Å². The van der Waals surface area contributed by atoms with E-state index >= 15 is 0 Å². The number of thioether (sulfide) groups is 1. The summed E-state index contributed by atoms with van der Waals surface area (Å²) in [6.07, 6.45) is 3.94. The van der Waals surface area contributed by atoms with Gasteiger partial charge in [-0.25, -0.2) is 9.48 Å². The summed E-state index contributed by atoms with van der Waals surface area (Å²) in [4.78, 5) is 27.8. The zero-order valence-corrected chi connectivity index (χ0v) is 19.2. The summed E-state index contributed by atoms with van der Waals surface area (Å²) < 4.78 is 13.2. The minimum atomic E-state index is -0.446. The van der Waals surface area contributed by atoms with E-state index in [1.54, 1.807) is 22.5 Å². The minimum absolute atomic E-state index is 0.0449. The first kappa shape index (κ1) is 21.2. The number of carbonyl (C=O) groups excluding carboxylic acids is 1. The number of para-hydroxylation sites is 2. The van der Waals surface area contributed by atoms with Gasteiger partial charge in [-0.2, -0.15) is 5.10 Å². The molecule has 0 unspecified atom stereocenters. The topological polar surface area (TPSA) is 77.6 Å². The first-order chi connectivity index (χ1) is 16.7. The van der Waals surface area contributed by atoms with E-state index < -0.39 is 5.63 Å². The van der Waals surface area contributed by atoms with Crippen LogP contribution in [0.3, 0.4) is 0 Å². The van der Waals surface area contributed by atoms with Crippen LogP contribution in [0.4, 0.5) is 0 Å². The first-order valence-electron chi connectivity index (χ1n) is 11.4. The van der Waals surface area contributed by atoms with Crippen LogP contribution in [0.5, 0.6) is 0 Å². The molecule has 2 atom stereocenters. The Morgan fingerprint density at radius 3 is 2.71 bits per heavy atom. The van der Waals surface area contributed by atoms with Crippen LogP contribution in [-0.4, -0.2) is 45.6 Å². The van der Waals surface area contributed by atoms with E-state index in [1.165, 1.54) is 0 Å². The zero-order chi connectivity index (χ0) is 23.1. The lowest BCUT2D eigenvalue weighted by Crippen LogP contribution is -2.35. The fourth-order valence-electron chi connectivity index (χ4n) is 4.63. The van der Waals surface area contributed by atoms with Crippen LogP contribution in [0.15, 0.2) is 76.1 Å². The third-order valence-corrected chi connectivity index (χ3v) is 7.56. The highest BCUT2D eigenvalue weighted by atomic mass is 32.2. The molecule has 2 saturated heterocycles.